The quantitative estimate of drug-likeness (QED) is 0.102. The van der Waals surface area contributed by atoms with E-state index in [9.17, 15) is 19.2 Å². The summed E-state index contributed by atoms with van der Waals surface area (Å²) in [6.07, 6.45) is 15.1. The molecule has 4 aromatic rings. The van der Waals surface area contributed by atoms with Gasteiger partial charge in [0.1, 0.15) is 23.7 Å². The first-order valence-electron chi connectivity index (χ1n) is 24.0. The van der Waals surface area contributed by atoms with Gasteiger partial charge in [-0.15, -0.1) is 0 Å². The molecule has 68 heavy (non-hydrogen) atoms. The number of allylic oxidation sites excluding steroid dienone is 3. The lowest BCUT2D eigenvalue weighted by Gasteiger charge is -2.31. The van der Waals surface area contributed by atoms with Gasteiger partial charge in [0.25, 0.3) is 0 Å². The van der Waals surface area contributed by atoms with Gasteiger partial charge in [-0.2, -0.15) is 0 Å². The van der Waals surface area contributed by atoms with E-state index in [0.29, 0.717) is 45.6 Å². The van der Waals surface area contributed by atoms with Crippen LogP contribution >= 0.6 is 0 Å². The molecule has 2 aromatic heterocycles. The third-order valence-electron chi connectivity index (χ3n) is 14.6. The van der Waals surface area contributed by atoms with Crippen molar-refractivity contribution >= 4 is 24.0 Å². The maximum atomic E-state index is 14.5. The van der Waals surface area contributed by atoms with Crippen LogP contribution in [0.3, 0.4) is 0 Å². The summed E-state index contributed by atoms with van der Waals surface area (Å²) in [5, 5.41) is 5.59. The number of nitrogens with zero attached hydrogens (tertiary/aromatic N) is 4. The van der Waals surface area contributed by atoms with Gasteiger partial charge >= 0.3 is 12.2 Å². The molecule has 3 aliphatic carbocycles. The van der Waals surface area contributed by atoms with Gasteiger partial charge in [0.15, 0.2) is 0 Å². The van der Waals surface area contributed by atoms with Crippen LogP contribution in [0.25, 0.3) is 33.6 Å². The van der Waals surface area contributed by atoms with Gasteiger partial charge in [-0.25, -0.2) is 19.6 Å². The molecule has 0 spiro atoms. The van der Waals surface area contributed by atoms with Crippen molar-refractivity contribution in [3.05, 3.63) is 94.9 Å². The molecule has 2 saturated heterocycles. The highest BCUT2D eigenvalue weighted by molar-refractivity contribution is 5.88. The average molecular weight is 929 g/mol. The highest BCUT2D eigenvalue weighted by Gasteiger charge is 2.44. The topological polar surface area (TPSA) is 193 Å². The number of H-pyrrole nitrogens is 2. The molecule has 0 bridgehead atoms. The number of aryl methyl sites for hydroxylation is 2. The highest BCUT2D eigenvalue weighted by Crippen LogP contribution is 2.44. The SMILES string of the molecule is COC[C@H]1C[C@@H](c2ncc(-c3ccc(-c4ccc5c(c4)CCc4[nH]c([C@@H]6C[C@H](COC)CN6C(=O)[C@H](NC(=O)OC)C6C=CC=CC6)nc4-5)c4c3CCC4)[nH]2)N(C(=O)[C@@H](NC(=O)OC)C(C)C)C1. The molecule has 16 nitrogen and oxygen atoms in total. The number of methoxy groups -OCH3 is 4. The van der Waals surface area contributed by atoms with Crippen molar-refractivity contribution in [1.29, 1.82) is 0 Å². The van der Waals surface area contributed by atoms with Crippen molar-refractivity contribution in [2.75, 3.05) is 54.7 Å². The molecular weight excluding hydrogens is 865 g/mol. The number of carbonyl (C=O) groups excluding carboxylic acids is 4. The second-order valence-electron chi connectivity index (χ2n) is 19.3. The van der Waals surface area contributed by atoms with E-state index in [-0.39, 0.29) is 47.6 Å². The molecule has 16 heteroatoms. The van der Waals surface area contributed by atoms with Gasteiger partial charge in [0.05, 0.1) is 57.1 Å². The van der Waals surface area contributed by atoms with Gasteiger partial charge in [0.2, 0.25) is 11.8 Å². The van der Waals surface area contributed by atoms with Crippen LogP contribution in [0.4, 0.5) is 9.59 Å². The van der Waals surface area contributed by atoms with E-state index in [1.54, 1.807) is 14.2 Å². The molecule has 0 radical (unpaired) electrons. The lowest BCUT2D eigenvalue weighted by molar-refractivity contribution is -0.136. The number of nitrogens with one attached hydrogen (secondary N) is 4. The Morgan fingerprint density at radius 2 is 1.43 bits per heavy atom. The number of benzene rings is 2. The van der Waals surface area contributed by atoms with Crippen LogP contribution < -0.4 is 10.6 Å². The zero-order valence-electron chi connectivity index (χ0n) is 39.9. The van der Waals surface area contributed by atoms with Crippen molar-refractivity contribution in [3.63, 3.8) is 0 Å². The number of aromatic amines is 2. The maximum Gasteiger partial charge on any atom is 0.407 e. The van der Waals surface area contributed by atoms with Gasteiger partial charge < -0.3 is 49.3 Å². The standard InChI is InChI=1S/C52H64N8O8/c1-29(2)44(57-51(63)67-5)49(61)59-25-30(27-65-3)21-42(59)47-53-24-41(55-47)39-19-18-35(37-13-10-14-38(37)39)33-15-17-36-34(23-33)16-20-40-46(36)56-48(54-40)43-22-31(28-66-4)26-60(43)50(62)45(58-52(64)68-6)32-11-8-7-9-12-32/h7-9,11,15,17-19,23-24,29-32,42-45H,10,12-14,16,20-22,25-28H2,1-6H3,(H,53,55)(H,54,56)(H,57,63)(H,58,64)/t30-,31-,32?,42-,43-,44-,45+/m0/s1. The number of hydrogen-bond donors (Lipinski definition) is 4. The monoisotopic (exact) mass is 928 g/mol. The van der Waals surface area contributed by atoms with Gasteiger partial charge in [-0.1, -0.05) is 68.5 Å². The predicted molar refractivity (Wildman–Crippen MR) is 255 cm³/mol. The molecule has 0 saturated carbocycles. The molecular formula is C52H64N8O8. The maximum absolute atomic E-state index is 14.5. The molecule has 5 aliphatic rings. The van der Waals surface area contributed by atoms with Crippen LogP contribution in [0.15, 0.2) is 60.8 Å². The third kappa shape index (κ3) is 9.19. The molecule has 4 amide bonds. The van der Waals surface area contributed by atoms with E-state index >= 15 is 0 Å². The molecule has 4 heterocycles. The van der Waals surface area contributed by atoms with Crippen LogP contribution in [0.2, 0.25) is 0 Å². The number of likely N-dealkylation sites (tertiary alicyclic amines) is 2. The Bertz CT molecular complexity index is 2600. The fourth-order valence-electron chi connectivity index (χ4n) is 11.3. The van der Waals surface area contributed by atoms with Crippen LogP contribution in [0, 0.1) is 23.7 Å². The van der Waals surface area contributed by atoms with E-state index in [2.05, 4.69) is 50.9 Å². The highest BCUT2D eigenvalue weighted by atomic mass is 16.5. The Balaban J connectivity index is 0.966. The Hall–Kier alpha value is -6.26. The summed E-state index contributed by atoms with van der Waals surface area (Å²) in [7, 11) is 5.96. The number of imidazole rings is 2. The number of hydrogen-bond acceptors (Lipinski definition) is 10. The third-order valence-corrected chi connectivity index (χ3v) is 14.6. The van der Waals surface area contributed by atoms with Gasteiger partial charge in [-0.3, -0.25) is 9.59 Å². The summed E-state index contributed by atoms with van der Waals surface area (Å²) < 4.78 is 20.9. The number of aromatic nitrogens is 4. The minimum atomic E-state index is -0.792. The minimum absolute atomic E-state index is 0.109. The molecule has 2 aliphatic heterocycles. The van der Waals surface area contributed by atoms with Crippen LogP contribution in [0.5, 0.6) is 0 Å². The summed E-state index contributed by atoms with van der Waals surface area (Å²) in [6.45, 7) is 5.83. The predicted octanol–water partition coefficient (Wildman–Crippen LogP) is 7.03. The number of rotatable bonds is 14. The van der Waals surface area contributed by atoms with Crippen molar-refractivity contribution in [1.82, 2.24) is 40.4 Å². The van der Waals surface area contributed by atoms with E-state index in [1.165, 1.54) is 42.0 Å². The normalized spacial score (nSPS) is 22.4. The Morgan fingerprint density at radius 1 is 0.765 bits per heavy atom. The second kappa shape index (κ2) is 20.1. The van der Waals surface area contributed by atoms with E-state index in [1.807, 2.05) is 54.1 Å². The number of amides is 4. The number of ether oxygens (including phenoxy) is 4. The first-order valence-corrected chi connectivity index (χ1v) is 24.0. The zero-order chi connectivity index (χ0) is 47.6. The van der Waals surface area contributed by atoms with Crippen molar-refractivity contribution in [2.45, 2.75) is 89.4 Å². The second-order valence-corrected chi connectivity index (χ2v) is 19.3. The van der Waals surface area contributed by atoms with Gasteiger partial charge in [0, 0.05) is 61.9 Å². The van der Waals surface area contributed by atoms with Crippen LogP contribution in [0.1, 0.15) is 85.6 Å². The first kappa shape index (κ1) is 46.8. The molecule has 7 atom stereocenters. The van der Waals surface area contributed by atoms with Crippen molar-refractivity contribution < 1.29 is 38.1 Å². The Labute approximate surface area is 397 Å². The Morgan fingerprint density at radius 3 is 2.10 bits per heavy atom. The summed E-state index contributed by atoms with van der Waals surface area (Å²) in [4.78, 5) is 74.5. The number of fused-ring (bicyclic) bond motifs is 4. The summed E-state index contributed by atoms with van der Waals surface area (Å²) in [5.41, 5.74) is 11.4. The minimum Gasteiger partial charge on any atom is -0.453 e. The molecule has 2 fully saturated rings. The lowest BCUT2D eigenvalue weighted by Crippen LogP contribution is -2.52. The molecule has 2 aromatic carbocycles. The number of carbonyl (C=O) groups is 4. The van der Waals surface area contributed by atoms with Crippen LogP contribution in [-0.4, -0.2) is 121 Å². The zero-order valence-corrected chi connectivity index (χ0v) is 39.9. The smallest absolute Gasteiger partial charge is 0.407 e. The Kier molecular flexibility index (Phi) is 13.9. The summed E-state index contributed by atoms with van der Waals surface area (Å²) in [5.74, 6) is 1.01. The fraction of sp³-hybridized carbons (Fsp3) is 0.500. The van der Waals surface area contributed by atoms with Crippen molar-refractivity contribution in [3.8, 4) is 33.6 Å². The summed E-state index contributed by atoms with van der Waals surface area (Å²) >= 11 is 0. The molecule has 360 valence electrons. The van der Waals surface area contributed by atoms with E-state index < -0.39 is 24.3 Å². The average Bonchev–Trinajstić information content (AvgIpc) is 4.22. The van der Waals surface area contributed by atoms with E-state index in [0.717, 1.165) is 72.0 Å². The lowest BCUT2D eigenvalue weighted by atomic mass is 9.87. The summed E-state index contributed by atoms with van der Waals surface area (Å²) in [6, 6.07) is 9.02. The first-order chi connectivity index (χ1) is 33.0. The van der Waals surface area contributed by atoms with Gasteiger partial charge in [-0.05, 0) is 85.1 Å². The molecule has 4 N–H and O–H groups in total. The van der Waals surface area contributed by atoms with E-state index in [4.69, 9.17) is 28.9 Å². The number of alkyl carbamates (subject to hydrolysis) is 2. The largest absolute Gasteiger partial charge is 0.453 e. The fourth-order valence-corrected chi connectivity index (χ4v) is 11.3. The van der Waals surface area contributed by atoms with Crippen LogP contribution in [-0.2, 0) is 54.2 Å². The van der Waals surface area contributed by atoms with Crippen molar-refractivity contribution in [2.24, 2.45) is 23.7 Å². The molecule has 1 unspecified atom stereocenters. The molecule has 9 rings (SSSR count).